The largest absolute Gasteiger partial charge is 0.393 e. The highest BCUT2D eigenvalue weighted by atomic mass is 16.3. The summed E-state index contributed by atoms with van der Waals surface area (Å²) in [5.74, 6) is 0.343. The van der Waals surface area contributed by atoms with Crippen LogP contribution in [0.5, 0.6) is 0 Å². The molecule has 1 amide bonds. The molecule has 1 aromatic carbocycles. The molecule has 1 aromatic heterocycles. The summed E-state index contributed by atoms with van der Waals surface area (Å²) in [6, 6.07) is 9.18. The van der Waals surface area contributed by atoms with Crippen molar-refractivity contribution in [3.05, 3.63) is 48.3 Å². The molecule has 0 unspecified atom stereocenters. The van der Waals surface area contributed by atoms with Gasteiger partial charge in [-0.1, -0.05) is 0 Å². The highest BCUT2D eigenvalue weighted by Crippen LogP contribution is 2.26. The maximum absolute atomic E-state index is 12.0. The van der Waals surface area contributed by atoms with Crippen molar-refractivity contribution in [3.63, 3.8) is 0 Å². The summed E-state index contributed by atoms with van der Waals surface area (Å²) in [6.07, 6.45) is 4.98. The molecule has 1 aliphatic carbocycles. The number of nitrogens with one attached hydrogen (secondary N) is 1. The molecular weight excluding hydrogens is 254 g/mol. The number of aliphatic hydroxyl groups is 1. The summed E-state index contributed by atoms with van der Waals surface area (Å²) < 4.78 is 1.75. The topological polar surface area (TPSA) is 67.2 Å². The van der Waals surface area contributed by atoms with E-state index in [-0.39, 0.29) is 12.0 Å². The van der Waals surface area contributed by atoms with Gasteiger partial charge >= 0.3 is 0 Å². The van der Waals surface area contributed by atoms with E-state index < -0.39 is 0 Å². The molecule has 3 rings (SSSR count). The Hall–Kier alpha value is -2.14. The number of hydrogen-bond donors (Lipinski definition) is 2. The molecule has 0 radical (unpaired) electrons. The number of carbonyl (C=O) groups excluding carboxylic acids is 1. The number of amides is 1. The zero-order valence-corrected chi connectivity index (χ0v) is 11.1. The summed E-state index contributed by atoms with van der Waals surface area (Å²) in [5, 5.41) is 16.2. The van der Waals surface area contributed by atoms with Gasteiger partial charge in [0.25, 0.3) is 5.91 Å². The summed E-state index contributed by atoms with van der Waals surface area (Å²) in [4.78, 5) is 12.0. The molecular formula is C15H17N3O2. The molecule has 5 nitrogen and oxygen atoms in total. The van der Waals surface area contributed by atoms with E-state index >= 15 is 0 Å². The lowest BCUT2D eigenvalue weighted by Crippen LogP contribution is -2.38. The third-order valence-electron chi connectivity index (χ3n) is 3.66. The van der Waals surface area contributed by atoms with Gasteiger partial charge in [0.1, 0.15) is 0 Å². The van der Waals surface area contributed by atoms with Gasteiger partial charge in [-0.05, 0) is 49.1 Å². The Bertz CT molecular complexity index is 572. The van der Waals surface area contributed by atoms with Gasteiger partial charge in [0.15, 0.2) is 0 Å². The number of carbonyl (C=O) groups is 1. The molecule has 0 saturated heterocycles. The molecule has 0 atom stereocenters. The van der Waals surface area contributed by atoms with E-state index in [1.165, 1.54) is 0 Å². The summed E-state index contributed by atoms with van der Waals surface area (Å²) in [6.45, 7) is 0.636. The van der Waals surface area contributed by atoms with Crippen LogP contribution in [0.1, 0.15) is 23.2 Å². The fourth-order valence-corrected chi connectivity index (χ4v) is 2.39. The van der Waals surface area contributed by atoms with Crippen molar-refractivity contribution in [1.29, 1.82) is 0 Å². The lowest BCUT2D eigenvalue weighted by Gasteiger charge is -2.31. The number of hydrogen-bond acceptors (Lipinski definition) is 3. The van der Waals surface area contributed by atoms with Crippen LogP contribution in [0.25, 0.3) is 5.69 Å². The predicted molar refractivity (Wildman–Crippen MR) is 74.6 cm³/mol. The van der Waals surface area contributed by atoms with Crippen LogP contribution in [0.2, 0.25) is 0 Å². The number of aliphatic hydroxyl groups excluding tert-OH is 1. The Morgan fingerprint density at radius 1 is 1.35 bits per heavy atom. The van der Waals surface area contributed by atoms with Gasteiger partial charge in [0.05, 0.1) is 11.8 Å². The fourth-order valence-electron chi connectivity index (χ4n) is 2.39. The first kappa shape index (κ1) is 12.9. The normalized spacial score (nSPS) is 21.2. The Labute approximate surface area is 117 Å². The molecule has 0 aliphatic heterocycles. The second-order valence-electron chi connectivity index (χ2n) is 5.20. The van der Waals surface area contributed by atoms with Gasteiger partial charge in [-0.2, -0.15) is 5.10 Å². The summed E-state index contributed by atoms with van der Waals surface area (Å²) >= 11 is 0. The first-order valence-electron chi connectivity index (χ1n) is 6.79. The van der Waals surface area contributed by atoms with Gasteiger partial charge in [-0.3, -0.25) is 4.79 Å². The molecule has 0 bridgehead atoms. The molecule has 5 heteroatoms. The average Bonchev–Trinajstić information content (AvgIpc) is 2.96. The van der Waals surface area contributed by atoms with Crippen LogP contribution in [0.15, 0.2) is 42.7 Å². The van der Waals surface area contributed by atoms with E-state index in [0.717, 1.165) is 18.5 Å². The van der Waals surface area contributed by atoms with Crippen molar-refractivity contribution in [3.8, 4) is 5.69 Å². The number of aromatic nitrogens is 2. The number of nitrogens with zero attached hydrogens (tertiary/aromatic N) is 2. The SMILES string of the molecule is O=C(NCC1CC(O)C1)c1ccc(-n2cccn2)cc1. The van der Waals surface area contributed by atoms with Crippen LogP contribution in [-0.4, -0.2) is 33.4 Å². The first-order chi connectivity index (χ1) is 9.72. The Balaban J connectivity index is 1.58. The third-order valence-corrected chi connectivity index (χ3v) is 3.66. The second-order valence-corrected chi connectivity index (χ2v) is 5.20. The zero-order valence-electron chi connectivity index (χ0n) is 11.1. The van der Waals surface area contributed by atoms with Gasteiger partial charge in [0.2, 0.25) is 0 Å². The van der Waals surface area contributed by atoms with Crippen LogP contribution < -0.4 is 5.32 Å². The van der Waals surface area contributed by atoms with Crippen molar-refractivity contribution < 1.29 is 9.90 Å². The standard InChI is InChI=1S/C15H17N3O2/c19-14-8-11(9-14)10-16-15(20)12-2-4-13(5-3-12)18-7-1-6-17-18/h1-7,11,14,19H,8-10H2,(H,16,20). The number of benzene rings is 1. The van der Waals surface area contributed by atoms with Crippen LogP contribution in [0.3, 0.4) is 0 Å². The van der Waals surface area contributed by atoms with Gasteiger partial charge in [-0.25, -0.2) is 4.68 Å². The molecule has 104 valence electrons. The summed E-state index contributed by atoms with van der Waals surface area (Å²) in [7, 11) is 0. The van der Waals surface area contributed by atoms with E-state index in [2.05, 4.69) is 10.4 Å². The van der Waals surface area contributed by atoms with E-state index in [9.17, 15) is 9.90 Å². The lowest BCUT2D eigenvalue weighted by atomic mass is 9.82. The maximum Gasteiger partial charge on any atom is 0.251 e. The fraction of sp³-hybridized carbons (Fsp3) is 0.333. The Morgan fingerprint density at radius 2 is 2.10 bits per heavy atom. The van der Waals surface area contributed by atoms with Crippen molar-refractivity contribution >= 4 is 5.91 Å². The quantitative estimate of drug-likeness (QED) is 0.882. The predicted octanol–water partition coefficient (Wildman–Crippen LogP) is 1.37. The highest BCUT2D eigenvalue weighted by molar-refractivity contribution is 5.94. The minimum absolute atomic E-state index is 0.0709. The molecule has 20 heavy (non-hydrogen) atoms. The molecule has 1 aliphatic rings. The minimum Gasteiger partial charge on any atom is -0.393 e. The average molecular weight is 271 g/mol. The smallest absolute Gasteiger partial charge is 0.251 e. The maximum atomic E-state index is 12.0. The molecule has 1 heterocycles. The number of rotatable bonds is 4. The van der Waals surface area contributed by atoms with E-state index in [1.54, 1.807) is 23.0 Å². The van der Waals surface area contributed by atoms with Gasteiger partial charge in [0, 0.05) is 24.5 Å². The van der Waals surface area contributed by atoms with Gasteiger partial charge < -0.3 is 10.4 Å². The van der Waals surface area contributed by atoms with Crippen molar-refractivity contribution in [2.24, 2.45) is 5.92 Å². The van der Waals surface area contributed by atoms with Gasteiger partial charge in [-0.15, -0.1) is 0 Å². The van der Waals surface area contributed by atoms with Crippen molar-refractivity contribution in [1.82, 2.24) is 15.1 Å². The first-order valence-corrected chi connectivity index (χ1v) is 6.79. The molecule has 1 fully saturated rings. The van der Waals surface area contributed by atoms with Crippen molar-refractivity contribution in [2.45, 2.75) is 18.9 Å². The van der Waals surface area contributed by atoms with Crippen LogP contribution in [-0.2, 0) is 0 Å². The van der Waals surface area contributed by atoms with Crippen molar-refractivity contribution in [2.75, 3.05) is 6.54 Å². The van der Waals surface area contributed by atoms with Crippen LogP contribution >= 0.6 is 0 Å². The minimum atomic E-state index is -0.176. The Morgan fingerprint density at radius 3 is 2.70 bits per heavy atom. The molecule has 2 N–H and O–H groups in total. The molecule has 2 aromatic rings. The summed E-state index contributed by atoms with van der Waals surface area (Å²) in [5.41, 5.74) is 1.56. The molecule has 1 saturated carbocycles. The second kappa shape index (κ2) is 5.46. The monoisotopic (exact) mass is 271 g/mol. The highest BCUT2D eigenvalue weighted by Gasteiger charge is 2.27. The van der Waals surface area contributed by atoms with E-state index in [1.807, 2.05) is 24.4 Å². The van der Waals surface area contributed by atoms with E-state index in [4.69, 9.17) is 0 Å². The molecule has 0 spiro atoms. The van der Waals surface area contributed by atoms with Crippen LogP contribution in [0.4, 0.5) is 0 Å². The zero-order chi connectivity index (χ0) is 13.9. The van der Waals surface area contributed by atoms with Crippen LogP contribution in [0, 0.1) is 5.92 Å². The van der Waals surface area contributed by atoms with E-state index in [0.29, 0.717) is 18.0 Å². The Kier molecular flexibility index (Phi) is 3.52. The lowest BCUT2D eigenvalue weighted by molar-refractivity contribution is 0.0420. The third kappa shape index (κ3) is 2.72.